The van der Waals surface area contributed by atoms with Gasteiger partial charge in [-0.05, 0) is 54.1 Å². The van der Waals surface area contributed by atoms with E-state index in [-0.39, 0.29) is 0 Å². The number of aromatic nitrogens is 1. The number of rotatable bonds is 9. The van der Waals surface area contributed by atoms with Crippen LogP contribution in [0.25, 0.3) is 5.70 Å². The van der Waals surface area contributed by atoms with E-state index in [2.05, 4.69) is 71.6 Å². The predicted molar refractivity (Wildman–Crippen MR) is 142 cm³/mol. The third-order valence-electron chi connectivity index (χ3n) is 5.26. The van der Waals surface area contributed by atoms with Crippen LogP contribution in [0.5, 0.6) is 5.75 Å². The third-order valence-corrected chi connectivity index (χ3v) is 7.06. The number of nitrogens with zero attached hydrogens (tertiary/aromatic N) is 3. The molecule has 1 aliphatic heterocycles. The molecule has 33 heavy (non-hydrogen) atoms. The van der Waals surface area contributed by atoms with E-state index in [9.17, 15) is 0 Å². The molecule has 0 N–H and O–H groups in total. The largest absolute Gasteiger partial charge is 0.489 e. The number of hydrogen-bond acceptors (Lipinski definition) is 6. The van der Waals surface area contributed by atoms with Gasteiger partial charge in [-0.3, -0.25) is 4.99 Å². The average molecular weight is 476 g/mol. The minimum absolute atomic E-state index is 0.583. The van der Waals surface area contributed by atoms with E-state index in [4.69, 9.17) is 9.73 Å². The number of pyridine rings is 1. The van der Waals surface area contributed by atoms with Crippen molar-refractivity contribution in [3.05, 3.63) is 95.7 Å². The number of ether oxygens (including phenoxy) is 1. The minimum atomic E-state index is 0.583. The van der Waals surface area contributed by atoms with Gasteiger partial charge in [0, 0.05) is 24.1 Å². The number of amidine groups is 1. The third kappa shape index (κ3) is 6.21. The van der Waals surface area contributed by atoms with Crippen molar-refractivity contribution in [3.8, 4) is 5.75 Å². The van der Waals surface area contributed by atoms with Crippen molar-refractivity contribution in [1.29, 1.82) is 0 Å². The maximum Gasteiger partial charge on any atom is 0.164 e. The van der Waals surface area contributed by atoms with Crippen LogP contribution in [0.3, 0.4) is 0 Å². The Hall–Kier alpha value is -2.70. The number of aliphatic imine (C=N–C) groups is 1. The van der Waals surface area contributed by atoms with Gasteiger partial charge in [0.25, 0.3) is 0 Å². The van der Waals surface area contributed by atoms with Crippen LogP contribution in [0, 0.1) is 0 Å². The summed E-state index contributed by atoms with van der Waals surface area (Å²) in [6.45, 7) is 4.43. The van der Waals surface area contributed by atoms with Crippen molar-refractivity contribution in [2.75, 3.05) is 19.3 Å². The van der Waals surface area contributed by atoms with E-state index in [0.29, 0.717) is 13.2 Å². The molecule has 0 saturated carbocycles. The van der Waals surface area contributed by atoms with E-state index < -0.39 is 0 Å². The maximum atomic E-state index is 5.92. The summed E-state index contributed by atoms with van der Waals surface area (Å²) >= 11 is 3.48. The second kappa shape index (κ2) is 12.0. The topological polar surface area (TPSA) is 37.7 Å². The highest BCUT2D eigenvalue weighted by molar-refractivity contribution is 8.13. The van der Waals surface area contributed by atoms with Gasteiger partial charge >= 0.3 is 0 Å². The van der Waals surface area contributed by atoms with E-state index in [1.54, 1.807) is 23.5 Å². The molecule has 2 aromatic carbocycles. The van der Waals surface area contributed by atoms with E-state index >= 15 is 0 Å². The Labute approximate surface area is 205 Å². The molecule has 3 aromatic rings. The van der Waals surface area contributed by atoms with E-state index in [0.717, 1.165) is 34.7 Å². The molecule has 2 heterocycles. The van der Waals surface area contributed by atoms with Crippen LogP contribution in [0.4, 0.5) is 0 Å². The van der Waals surface area contributed by atoms with Crippen LogP contribution in [-0.2, 0) is 12.4 Å². The fourth-order valence-electron chi connectivity index (χ4n) is 3.65. The minimum Gasteiger partial charge on any atom is -0.489 e. The maximum absolute atomic E-state index is 5.92. The molecule has 4 nitrogen and oxygen atoms in total. The Morgan fingerprint density at radius 1 is 0.970 bits per heavy atom. The highest BCUT2D eigenvalue weighted by Crippen LogP contribution is 2.32. The molecular weight excluding hydrogens is 446 g/mol. The summed E-state index contributed by atoms with van der Waals surface area (Å²) in [5, 5.41) is 2.14. The lowest BCUT2D eigenvalue weighted by molar-refractivity contribution is 0.306. The summed E-state index contributed by atoms with van der Waals surface area (Å²) in [5.41, 5.74) is 4.84. The van der Waals surface area contributed by atoms with Crippen LogP contribution < -0.4 is 4.74 Å². The number of benzene rings is 2. The quantitative estimate of drug-likeness (QED) is 0.320. The van der Waals surface area contributed by atoms with Crippen LogP contribution in [0.2, 0.25) is 0 Å². The zero-order valence-corrected chi connectivity index (χ0v) is 20.7. The van der Waals surface area contributed by atoms with Crippen molar-refractivity contribution in [2.45, 2.75) is 30.7 Å². The van der Waals surface area contributed by atoms with Gasteiger partial charge in [0.2, 0.25) is 0 Å². The van der Waals surface area contributed by atoms with Gasteiger partial charge in [-0.2, -0.15) is 0 Å². The molecule has 4 rings (SSSR count). The molecule has 0 fully saturated rings. The normalized spacial score (nSPS) is 13.5. The number of hydrogen-bond donors (Lipinski definition) is 0. The van der Waals surface area contributed by atoms with Crippen LogP contribution in [-0.4, -0.2) is 34.4 Å². The van der Waals surface area contributed by atoms with Gasteiger partial charge in [0.1, 0.15) is 17.4 Å². The van der Waals surface area contributed by atoms with Gasteiger partial charge in [-0.1, -0.05) is 61.2 Å². The Kier molecular flexibility index (Phi) is 8.50. The molecule has 1 aliphatic rings. The second-order valence-corrected chi connectivity index (χ2v) is 9.37. The first-order chi connectivity index (χ1) is 16.3. The van der Waals surface area contributed by atoms with Crippen molar-refractivity contribution in [1.82, 2.24) is 9.88 Å². The molecular formula is C27H29N3OS2. The van der Waals surface area contributed by atoms with Crippen LogP contribution in [0.15, 0.2) is 89.0 Å². The molecule has 6 heteroatoms. The molecule has 0 unspecified atom stereocenters. The highest BCUT2D eigenvalue weighted by Gasteiger charge is 2.22. The molecule has 170 valence electrons. The molecule has 0 amide bonds. The fourth-order valence-corrected chi connectivity index (χ4v) is 5.20. The Balaban J connectivity index is 1.39. The summed E-state index contributed by atoms with van der Waals surface area (Å²) in [4.78, 5) is 11.7. The standard InChI is InChI=1S/C27H29N3OS2/c1-3-18-30-25(24-10-7-16-28-26(24)32-2)15-17-29-27(30)33-20-22-11-13-23(14-12-22)31-19-21-8-5-4-6-9-21/h4-16H,3,17-20H2,1-2H3. The molecule has 0 aliphatic carbocycles. The first-order valence-electron chi connectivity index (χ1n) is 11.2. The summed E-state index contributed by atoms with van der Waals surface area (Å²) < 4.78 is 5.92. The van der Waals surface area contributed by atoms with Crippen molar-refractivity contribution in [3.63, 3.8) is 0 Å². The monoisotopic (exact) mass is 475 g/mol. The predicted octanol–water partition coefficient (Wildman–Crippen LogP) is 6.74. The van der Waals surface area contributed by atoms with Crippen molar-refractivity contribution in [2.24, 2.45) is 4.99 Å². The lowest BCUT2D eigenvalue weighted by atomic mass is 10.1. The second-order valence-electron chi connectivity index (χ2n) is 7.63. The Morgan fingerprint density at radius 2 is 1.79 bits per heavy atom. The van der Waals surface area contributed by atoms with Gasteiger partial charge in [-0.15, -0.1) is 11.8 Å². The van der Waals surface area contributed by atoms with Crippen LogP contribution >= 0.6 is 23.5 Å². The first kappa shape index (κ1) is 23.5. The lowest BCUT2D eigenvalue weighted by Crippen LogP contribution is -2.31. The number of thioether (sulfide) groups is 2. The van der Waals surface area contributed by atoms with Gasteiger partial charge in [0.05, 0.1) is 12.2 Å². The molecule has 0 saturated heterocycles. The molecule has 0 spiro atoms. The molecule has 0 atom stereocenters. The first-order valence-corrected chi connectivity index (χ1v) is 13.4. The van der Waals surface area contributed by atoms with Gasteiger partial charge < -0.3 is 9.64 Å². The van der Waals surface area contributed by atoms with Crippen LogP contribution in [0.1, 0.15) is 30.0 Å². The Bertz CT molecular complexity index is 1100. The molecule has 0 bridgehead atoms. The average Bonchev–Trinajstić information content (AvgIpc) is 2.88. The SMILES string of the molecule is CCCN1C(c2cccnc2SC)=CCN=C1SCc1ccc(OCc2ccccc2)cc1. The molecule has 1 aromatic heterocycles. The smallest absolute Gasteiger partial charge is 0.164 e. The van der Waals surface area contributed by atoms with E-state index in [1.165, 1.54) is 22.4 Å². The molecule has 0 radical (unpaired) electrons. The summed E-state index contributed by atoms with van der Waals surface area (Å²) in [6, 6.07) is 22.8. The highest BCUT2D eigenvalue weighted by atomic mass is 32.2. The zero-order valence-electron chi connectivity index (χ0n) is 19.1. The Morgan fingerprint density at radius 3 is 2.55 bits per heavy atom. The fraction of sp³-hybridized carbons (Fsp3) is 0.259. The lowest BCUT2D eigenvalue weighted by Gasteiger charge is -2.31. The van der Waals surface area contributed by atoms with Gasteiger partial charge in [-0.25, -0.2) is 4.98 Å². The zero-order chi connectivity index (χ0) is 22.9. The summed E-state index contributed by atoms with van der Waals surface area (Å²) in [7, 11) is 0. The van der Waals surface area contributed by atoms with Crippen molar-refractivity contribution < 1.29 is 4.74 Å². The van der Waals surface area contributed by atoms with Gasteiger partial charge in [0.15, 0.2) is 5.17 Å². The van der Waals surface area contributed by atoms with E-state index in [1.807, 2.05) is 30.5 Å². The van der Waals surface area contributed by atoms with Crippen molar-refractivity contribution >= 4 is 34.4 Å². The summed E-state index contributed by atoms with van der Waals surface area (Å²) in [5.74, 6) is 1.76. The summed E-state index contributed by atoms with van der Waals surface area (Å²) in [6.07, 6.45) is 7.21.